The first-order valence-electron chi connectivity index (χ1n) is 12.3. The van der Waals surface area contributed by atoms with Crippen molar-refractivity contribution in [2.24, 2.45) is 0 Å². The van der Waals surface area contributed by atoms with Gasteiger partial charge in [-0.1, -0.05) is 48.1 Å². The molecule has 1 aromatic heterocycles. The van der Waals surface area contributed by atoms with Crippen LogP contribution in [-0.2, 0) is 31.6 Å². The fraction of sp³-hybridized carbons (Fsp3) is 0.385. The first kappa shape index (κ1) is 25.0. The number of rotatable bonds is 4. The zero-order valence-corrected chi connectivity index (χ0v) is 22.6. The van der Waals surface area contributed by atoms with Gasteiger partial charge in [-0.3, -0.25) is 4.90 Å². The Bertz CT molecular complexity index is 1440. The third-order valence-corrected chi connectivity index (χ3v) is 9.65. The molecule has 0 atom stereocenters. The molecule has 6 rings (SSSR count). The van der Waals surface area contributed by atoms with Gasteiger partial charge in [0.2, 0.25) is 0 Å². The van der Waals surface area contributed by atoms with E-state index < -0.39 is 9.84 Å². The maximum absolute atomic E-state index is 13.4. The second kappa shape index (κ2) is 10.1. The fourth-order valence-corrected chi connectivity index (χ4v) is 7.71. The van der Waals surface area contributed by atoms with E-state index in [0.29, 0.717) is 48.1 Å². The number of aromatic nitrogens is 2. The van der Waals surface area contributed by atoms with Gasteiger partial charge in [-0.2, -0.15) is 5.10 Å². The Hall–Kier alpha value is -2.34. The monoisotopic (exact) mass is 558 g/mol. The molecule has 0 unspecified atom stereocenters. The zero-order chi connectivity index (χ0) is 25.6. The SMILES string of the molecule is O=S1(=O)Cc2c(C(=S)N3CCOCC3)nn(-c3ccc(CN4CCOCC4)cc3)c2-c2cccc(Cl)c21. The summed E-state index contributed by atoms with van der Waals surface area (Å²) in [5.74, 6) is -0.200. The van der Waals surface area contributed by atoms with Gasteiger partial charge in [0.05, 0.1) is 53.5 Å². The average Bonchev–Trinajstić information content (AvgIpc) is 3.28. The van der Waals surface area contributed by atoms with Crippen LogP contribution in [0.2, 0.25) is 5.02 Å². The number of thiocarbonyl (C=S) groups is 1. The third kappa shape index (κ3) is 4.71. The van der Waals surface area contributed by atoms with E-state index in [4.69, 9.17) is 38.4 Å². The molecule has 37 heavy (non-hydrogen) atoms. The Labute approximate surface area is 226 Å². The lowest BCUT2D eigenvalue weighted by Gasteiger charge is -2.29. The molecule has 194 valence electrons. The van der Waals surface area contributed by atoms with Crippen LogP contribution >= 0.6 is 23.8 Å². The standard InChI is InChI=1S/C26H27ClN4O4S2/c27-22-3-1-2-20-24-21(17-37(32,33)25(20)22)23(26(36)30-10-14-35-15-11-30)28-31(24)19-6-4-18(5-7-19)16-29-8-12-34-13-9-29/h1-7H,8-17H2. The molecule has 0 saturated carbocycles. The number of nitrogens with zero attached hydrogens (tertiary/aromatic N) is 4. The number of sulfone groups is 1. The largest absolute Gasteiger partial charge is 0.379 e. The molecule has 3 aromatic rings. The third-order valence-electron chi connectivity index (χ3n) is 7.04. The number of ether oxygens (including phenoxy) is 2. The second-order valence-electron chi connectivity index (χ2n) is 9.42. The van der Waals surface area contributed by atoms with Crippen molar-refractivity contribution in [2.75, 3.05) is 52.6 Å². The molecule has 2 aromatic carbocycles. The lowest BCUT2D eigenvalue weighted by atomic mass is 10.0. The molecule has 0 amide bonds. The predicted octanol–water partition coefficient (Wildman–Crippen LogP) is 3.32. The molecule has 0 bridgehead atoms. The molecule has 0 spiro atoms. The number of hydrogen-bond donors (Lipinski definition) is 0. The molecular weight excluding hydrogens is 532 g/mol. The molecular formula is C26H27ClN4O4S2. The van der Waals surface area contributed by atoms with Crippen molar-refractivity contribution in [3.8, 4) is 16.9 Å². The van der Waals surface area contributed by atoms with E-state index in [1.807, 2.05) is 21.7 Å². The van der Waals surface area contributed by atoms with E-state index in [0.717, 1.165) is 44.2 Å². The maximum atomic E-state index is 13.4. The van der Waals surface area contributed by atoms with Crippen LogP contribution in [0.4, 0.5) is 0 Å². The van der Waals surface area contributed by atoms with Crippen LogP contribution < -0.4 is 0 Å². The molecule has 4 heterocycles. The van der Waals surface area contributed by atoms with Crippen molar-refractivity contribution >= 4 is 38.6 Å². The molecule has 3 aliphatic rings. The van der Waals surface area contributed by atoms with Crippen LogP contribution in [0, 0.1) is 0 Å². The van der Waals surface area contributed by atoms with E-state index >= 15 is 0 Å². The van der Waals surface area contributed by atoms with Crippen LogP contribution in [0.5, 0.6) is 0 Å². The summed E-state index contributed by atoms with van der Waals surface area (Å²) in [6.07, 6.45) is 0. The molecule has 0 N–H and O–H groups in total. The molecule has 8 nitrogen and oxygen atoms in total. The minimum atomic E-state index is -3.67. The lowest BCUT2D eigenvalue weighted by Crippen LogP contribution is -2.40. The van der Waals surface area contributed by atoms with E-state index in [-0.39, 0.29) is 15.7 Å². The van der Waals surface area contributed by atoms with Gasteiger partial charge in [-0.15, -0.1) is 0 Å². The maximum Gasteiger partial charge on any atom is 0.184 e. The van der Waals surface area contributed by atoms with Crippen LogP contribution in [0.25, 0.3) is 16.9 Å². The summed E-state index contributed by atoms with van der Waals surface area (Å²) in [7, 11) is -3.67. The predicted molar refractivity (Wildman–Crippen MR) is 145 cm³/mol. The van der Waals surface area contributed by atoms with Crippen molar-refractivity contribution in [1.82, 2.24) is 19.6 Å². The number of hydrogen-bond acceptors (Lipinski definition) is 7. The van der Waals surface area contributed by atoms with Gasteiger partial charge in [0.1, 0.15) is 10.7 Å². The fourth-order valence-electron chi connectivity index (χ4n) is 5.17. The quantitative estimate of drug-likeness (QED) is 0.451. The van der Waals surface area contributed by atoms with E-state index in [2.05, 4.69) is 17.0 Å². The van der Waals surface area contributed by atoms with Gasteiger partial charge in [0.15, 0.2) is 9.84 Å². The number of morpholine rings is 2. The van der Waals surface area contributed by atoms with Crippen molar-refractivity contribution in [1.29, 1.82) is 0 Å². The topological polar surface area (TPSA) is 76.9 Å². The smallest absolute Gasteiger partial charge is 0.184 e. The highest BCUT2D eigenvalue weighted by molar-refractivity contribution is 7.91. The summed E-state index contributed by atoms with van der Waals surface area (Å²) in [5, 5.41) is 5.15. The van der Waals surface area contributed by atoms with E-state index in [1.165, 1.54) is 5.56 Å². The van der Waals surface area contributed by atoms with Crippen LogP contribution in [0.1, 0.15) is 16.8 Å². The van der Waals surface area contributed by atoms with Gasteiger partial charge in [0, 0.05) is 43.9 Å². The van der Waals surface area contributed by atoms with Gasteiger partial charge >= 0.3 is 0 Å². The summed E-state index contributed by atoms with van der Waals surface area (Å²) >= 11 is 12.3. The number of benzene rings is 2. The van der Waals surface area contributed by atoms with Crippen LogP contribution in [0.3, 0.4) is 0 Å². The first-order valence-corrected chi connectivity index (χ1v) is 14.8. The Morgan fingerprint density at radius 2 is 1.65 bits per heavy atom. The number of halogens is 1. The summed E-state index contributed by atoms with van der Waals surface area (Å²) in [6.45, 7) is 6.64. The van der Waals surface area contributed by atoms with Crippen molar-refractivity contribution in [3.63, 3.8) is 0 Å². The summed E-state index contributed by atoms with van der Waals surface area (Å²) in [6, 6.07) is 13.4. The van der Waals surface area contributed by atoms with Crippen LogP contribution in [0.15, 0.2) is 47.4 Å². The normalized spacial score (nSPS) is 19.3. The van der Waals surface area contributed by atoms with E-state index in [1.54, 1.807) is 18.2 Å². The Kier molecular flexibility index (Phi) is 6.81. The molecule has 2 fully saturated rings. The highest BCUT2D eigenvalue weighted by Gasteiger charge is 2.37. The highest BCUT2D eigenvalue weighted by Crippen LogP contribution is 2.43. The Morgan fingerprint density at radius 3 is 2.35 bits per heavy atom. The second-order valence-corrected chi connectivity index (χ2v) is 12.1. The zero-order valence-electron chi connectivity index (χ0n) is 20.2. The molecule has 2 saturated heterocycles. The molecule has 11 heteroatoms. The van der Waals surface area contributed by atoms with Gasteiger partial charge < -0.3 is 14.4 Å². The van der Waals surface area contributed by atoms with Gasteiger partial charge in [-0.25, -0.2) is 13.1 Å². The molecule has 3 aliphatic heterocycles. The minimum Gasteiger partial charge on any atom is -0.379 e. The first-order chi connectivity index (χ1) is 17.9. The highest BCUT2D eigenvalue weighted by atomic mass is 35.5. The summed E-state index contributed by atoms with van der Waals surface area (Å²) in [5.41, 5.74) is 4.45. The lowest BCUT2D eigenvalue weighted by molar-refractivity contribution is 0.0342. The van der Waals surface area contributed by atoms with Crippen LogP contribution in [-0.4, -0.2) is 85.6 Å². The summed E-state index contributed by atoms with van der Waals surface area (Å²) in [4.78, 5) is 5.11. The summed E-state index contributed by atoms with van der Waals surface area (Å²) < 4.78 is 39.5. The number of fused-ring (bicyclic) bond motifs is 3. The Balaban J connectivity index is 1.45. The van der Waals surface area contributed by atoms with Crippen molar-refractivity contribution in [3.05, 3.63) is 64.3 Å². The van der Waals surface area contributed by atoms with Crippen molar-refractivity contribution in [2.45, 2.75) is 17.2 Å². The molecule has 0 aliphatic carbocycles. The molecule has 0 radical (unpaired) electrons. The van der Waals surface area contributed by atoms with Gasteiger partial charge in [0.25, 0.3) is 0 Å². The minimum absolute atomic E-state index is 0.151. The van der Waals surface area contributed by atoms with E-state index in [9.17, 15) is 8.42 Å². The van der Waals surface area contributed by atoms with Gasteiger partial charge in [-0.05, 0) is 23.8 Å². The average molecular weight is 559 g/mol. The Morgan fingerprint density at radius 1 is 0.973 bits per heavy atom. The van der Waals surface area contributed by atoms with Crippen molar-refractivity contribution < 1.29 is 17.9 Å².